The average molecular weight is 393 g/mol. The van der Waals surface area contributed by atoms with Crippen LogP contribution < -0.4 is 11.1 Å². The number of benzene rings is 1. The zero-order valence-electron chi connectivity index (χ0n) is 14.1. The fourth-order valence-corrected chi connectivity index (χ4v) is 3.93. The highest BCUT2D eigenvalue weighted by Crippen LogP contribution is 2.40. The first-order valence-corrected chi connectivity index (χ1v) is 9.51. The highest BCUT2D eigenvalue weighted by molar-refractivity contribution is 8.13. The lowest BCUT2D eigenvalue weighted by Crippen LogP contribution is -2.32. The lowest BCUT2D eigenvalue weighted by molar-refractivity contribution is 0.102. The van der Waals surface area contributed by atoms with Gasteiger partial charge in [-0.3, -0.25) is 9.79 Å². The number of anilines is 1. The van der Waals surface area contributed by atoms with Crippen molar-refractivity contribution in [2.45, 2.75) is 25.3 Å². The zero-order valence-corrected chi connectivity index (χ0v) is 15.7. The van der Waals surface area contributed by atoms with E-state index in [0.29, 0.717) is 34.3 Å². The Balaban J connectivity index is 1.91. The molecule has 8 heteroatoms. The summed E-state index contributed by atoms with van der Waals surface area (Å²) in [5.41, 5.74) is 6.31. The second-order valence-corrected chi connectivity index (χ2v) is 7.50. The third kappa shape index (κ3) is 3.83. The van der Waals surface area contributed by atoms with E-state index in [1.165, 1.54) is 36.2 Å². The Morgan fingerprint density at radius 1 is 1.42 bits per heavy atom. The molecule has 26 heavy (non-hydrogen) atoms. The number of amidine groups is 1. The van der Waals surface area contributed by atoms with Crippen LogP contribution >= 0.6 is 23.4 Å². The highest BCUT2D eigenvalue weighted by Gasteiger charge is 2.35. The number of carbonyl (C=O) groups is 1. The molecule has 136 valence electrons. The number of rotatable bonds is 4. The van der Waals surface area contributed by atoms with Crippen LogP contribution in [0.2, 0.25) is 5.02 Å². The minimum absolute atomic E-state index is 0.224. The lowest BCUT2D eigenvalue weighted by Gasteiger charge is -2.33. The van der Waals surface area contributed by atoms with E-state index in [1.54, 1.807) is 12.1 Å². The van der Waals surface area contributed by atoms with Crippen LogP contribution in [0.3, 0.4) is 0 Å². The molecule has 0 fully saturated rings. The van der Waals surface area contributed by atoms with Crippen LogP contribution in [0.15, 0.2) is 41.5 Å². The number of nitrogens with zero attached hydrogens (tertiary/aromatic N) is 2. The van der Waals surface area contributed by atoms with E-state index in [4.69, 9.17) is 17.3 Å². The van der Waals surface area contributed by atoms with Crippen molar-refractivity contribution >= 4 is 40.1 Å². The number of aliphatic imine (C=N–C) groups is 1. The molecule has 1 atom stereocenters. The smallest absolute Gasteiger partial charge is 0.274 e. The fraction of sp³-hybridized carbons (Fsp3) is 0.278. The predicted octanol–water partition coefficient (Wildman–Crippen LogP) is 4.18. The van der Waals surface area contributed by atoms with Gasteiger partial charge in [-0.15, -0.1) is 0 Å². The van der Waals surface area contributed by atoms with Gasteiger partial charge in [0.05, 0.1) is 10.6 Å². The van der Waals surface area contributed by atoms with Gasteiger partial charge in [-0.2, -0.15) is 0 Å². The molecule has 2 aromatic rings. The molecule has 0 saturated heterocycles. The molecule has 0 saturated carbocycles. The molecule has 1 aromatic heterocycles. The van der Waals surface area contributed by atoms with Gasteiger partial charge in [0.25, 0.3) is 5.91 Å². The van der Waals surface area contributed by atoms with E-state index in [9.17, 15) is 9.18 Å². The molecule has 0 aliphatic carbocycles. The second-order valence-electron chi connectivity index (χ2n) is 5.94. The molecule has 0 bridgehead atoms. The van der Waals surface area contributed by atoms with Crippen molar-refractivity contribution in [3.05, 3.63) is 58.6 Å². The maximum absolute atomic E-state index is 14.6. The molecule has 3 rings (SSSR count). The first kappa shape index (κ1) is 18.7. The Morgan fingerprint density at radius 3 is 2.88 bits per heavy atom. The number of halogens is 2. The molecule has 3 N–H and O–H groups in total. The van der Waals surface area contributed by atoms with E-state index >= 15 is 0 Å². The third-order valence-electron chi connectivity index (χ3n) is 4.36. The quantitative estimate of drug-likeness (QED) is 0.817. The minimum atomic E-state index is -0.710. The summed E-state index contributed by atoms with van der Waals surface area (Å²) in [5, 5.41) is 3.64. The Labute approximate surface area is 160 Å². The molecule has 1 aliphatic rings. The number of amides is 1. The number of aromatic nitrogens is 1. The molecule has 0 spiro atoms. The van der Waals surface area contributed by atoms with Crippen LogP contribution in [0.4, 0.5) is 10.1 Å². The van der Waals surface area contributed by atoms with Crippen LogP contribution in [0.25, 0.3) is 0 Å². The van der Waals surface area contributed by atoms with Crippen LogP contribution in [0.5, 0.6) is 0 Å². The number of thioether (sulfide) groups is 1. The van der Waals surface area contributed by atoms with Crippen LogP contribution in [0.1, 0.15) is 35.8 Å². The molecule has 0 radical (unpaired) electrons. The molecule has 1 aromatic carbocycles. The standard InChI is InChI=1S/C18H18ClFN4OS/c1-2-18(7-8-26-17(21)24-18)13-9-12(4-5-14(13)20)23-16(25)15-6-3-11(19)10-22-15/h3-6,9-10H,2,7-8H2,1H3,(H2,21,24)(H,23,25). The number of hydrogen-bond donors (Lipinski definition) is 2. The van der Waals surface area contributed by atoms with E-state index in [1.807, 2.05) is 6.92 Å². The molecular weight excluding hydrogens is 375 g/mol. The first-order valence-electron chi connectivity index (χ1n) is 8.14. The molecule has 2 heterocycles. The summed E-state index contributed by atoms with van der Waals surface area (Å²) in [6, 6.07) is 7.59. The van der Waals surface area contributed by atoms with E-state index in [2.05, 4.69) is 15.3 Å². The summed E-state index contributed by atoms with van der Waals surface area (Å²) in [6.45, 7) is 1.95. The van der Waals surface area contributed by atoms with Crippen LogP contribution in [-0.2, 0) is 5.54 Å². The van der Waals surface area contributed by atoms with Crippen molar-refractivity contribution in [2.24, 2.45) is 10.7 Å². The molecule has 1 aliphatic heterocycles. The number of pyridine rings is 1. The molecule has 1 unspecified atom stereocenters. The Morgan fingerprint density at radius 2 is 2.23 bits per heavy atom. The number of nitrogens with one attached hydrogen (secondary N) is 1. The third-order valence-corrected chi connectivity index (χ3v) is 5.38. The van der Waals surface area contributed by atoms with Crippen molar-refractivity contribution in [3.63, 3.8) is 0 Å². The van der Waals surface area contributed by atoms with Gasteiger partial charge < -0.3 is 11.1 Å². The normalized spacial score (nSPS) is 19.7. The molecular formula is C18H18ClFN4OS. The van der Waals surface area contributed by atoms with Crippen LogP contribution in [0, 0.1) is 5.82 Å². The Kier molecular flexibility index (Phi) is 5.48. The number of nitrogens with two attached hydrogens (primary N) is 1. The first-order chi connectivity index (χ1) is 12.4. The second kappa shape index (κ2) is 7.63. The van der Waals surface area contributed by atoms with Crippen LogP contribution in [-0.4, -0.2) is 21.8 Å². The van der Waals surface area contributed by atoms with Gasteiger partial charge in [0, 0.05) is 23.2 Å². The van der Waals surface area contributed by atoms with Gasteiger partial charge in [-0.25, -0.2) is 9.37 Å². The predicted molar refractivity (Wildman–Crippen MR) is 104 cm³/mol. The monoisotopic (exact) mass is 392 g/mol. The topological polar surface area (TPSA) is 80.4 Å². The van der Waals surface area contributed by atoms with E-state index < -0.39 is 11.4 Å². The van der Waals surface area contributed by atoms with Gasteiger partial charge in [-0.1, -0.05) is 30.3 Å². The summed E-state index contributed by atoms with van der Waals surface area (Å²) >= 11 is 7.25. The number of carbonyl (C=O) groups excluding carboxylic acids is 1. The summed E-state index contributed by atoms with van der Waals surface area (Å²) < 4.78 is 14.6. The van der Waals surface area contributed by atoms with Gasteiger partial charge in [0.15, 0.2) is 5.17 Å². The van der Waals surface area contributed by atoms with Crippen molar-refractivity contribution in [1.29, 1.82) is 0 Å². The fourth-order valence-electron chi connectivity index (χ4n) is 2.93. The summed E-state index contributed by atoms with van der Waals surface area (Å²) in [4.78, 5) is 20.9. The SMILES string of the molecule is CCC1(c2cc(NC(=O)c3ccc(Cl)cn3)ccc2F)CCSC(N)=N1. The van der Waals surface area contributed by atoms with Gasteiger partial charge >= 0.3 is 0 Å². The Bertz CT molecular complexity index is 859. The maximum Gasteiger partial charge on any atom is 0.274 e. The average Bonchev–Trinajstić information content (AvgIpc) is 2.63. The lowest BCUT2D eigenvalue weighted by atomic mass is 9.84. The number of hydrogen-bond acceptors (Lipinski definition) is 5. The summed E-state index contributed by atoms with van der Waals surface area (Å²) in [6.07, 6.45) is 2.69. The largest absolute Gasteiger partial charge is 0.379 e. The summed E-state index contributed by atoms with van der Waals surface area (Å²) in [5.74, 6) is 0.0124. The van der Waals surface area contributed by atoms with Crippen molar-refractivity contribution in [2.75, 3.05) is 11.1 Å². The van der Waals surface area contributed by atoms with E-state index in [-0.39, 0.29) is 11.5 Å². The summed E-state index contributed by atoms with van der Waals surface area (Å²) in [7, 11) is 0. The zero-order chi connectivity index (χ0) is 18.7. The van der Waals surface area contributed by atoms with Crippen molar-refractivity contribution < 1.29 is 9.18 Å². The van der Waals surface area contributed by atoms with Crippen molar-refractivity contribution in [1.82, 2.24) is 4.98 Å². The van der Waals surface area contributed by atoms with Gasteiger partial charge in [0.1, 0.15) is 11.5 Å². The minimum Gasteiger partial charge on any atom is -0.379 e. The molecule has 1 amide bonds. The van der Waals surface area contributed by atoms with Gasteiger partial charge in [-0.05, 0) is 43.2 Å². The van der Waals surface area contributed by atoms with Crippen molar-refractivity contribution in [3.8, 4) is 0 Å². The van der Waals surface area contributed by atoms with E-state index in [0.717, 1.165) is 5.75 Å². The highest BCUT2D eigenvalue weighted by atomic mass is 35.5. The van der Waals surface area contributed by atoms with Gasteiger partial charge in [0.2, 0.25) is 0 Å². The molecule has 5 nitrogen and oxygen atoms in total. The maximum atomic E-state index is 14.6. The Hall–Kier alpha value is -2.12.